The number of nitrogens with zero attached hydrogens (tertiary/aromatic N) is 1. The van der Waals surface area contributed by atoms with E-state index in [0.717, 1.165) is 13.0 Å². The molecule has 1 N–H and O–H groups in total. The minimum Gasteiger partial charge on any atom is -0.336 e. The molecule has 0 aliphatic carbocycles. The molecule has 0 saturated carbocycles. The predicted octanol–water partition coefficient (Wildman–Crippen LogP) is 3.89. The molecule has 1 aromatic carbocycles. The van der Waals surface area contributed by atoms with Crippen LogP contribution < -0.4 is 5.32 Å². The fourth-order valence-electron chi connectivity index (χ4n) is 3.02. The summed E-state index contributed by atoms with van der Waals surface area (Å²) in [6, 6.07) is 9.04. The fourth-order valence-corrected chi connectivity index (χ4v) is 3.02. The molecule has 110 valence electrons. The number of rotatable bonds is 2. The number of amides is 2. The van der Waals surface area contributed by atoms with Gasteiger partial charge in [-0.1, -0.05) is 36.8 Å². The van der Waals surface area contributed by atoms with E-state index < -0.39 is 0 Å². The molecule has 0 bridgehead atoms. The van der Waals surface area contributed by atoms with E-state index in [-0.39, 0.29) is 18.1 Å². The van der Waals surface area contributed by atoms with Crippen LogP contribution in [0.3, 0.4) is 0 Å². The van der Waals surface area contributed by atoms with Crippen LogP contribution in [0.15, 0.2) is 24.3 Å². The van der Waals surface area contributed by atoms with E-state index in [1.54, 1.807) is 0 Å². The molecule has 2 rings (SSSR count). The summed E-state index contributed by atoms with van der Waals surface area (Å²) in [5.74, 6) is 0.504. The third-order valence-electron chi connectivity index (χ3n) is 4.03. The number of carbonyl (C=O) groups is 1. The van der Waals surface area contributed by atoms with E-state index in [0.29, 0.717) is 5.92 Å². The highest BCUT2D eigenvalue weighted by Crippen LogP contribution is 2.35. The molecule has 3 nitrogen and oxygen atoms in total. The standard InChI is InChI=1S/C17H26N2O/c1-12(2)18-17(20)19-11-5-6-14(4)16(19)15-9-7-13(3)8-10-15/h7-10,12,14,16H,5-6,11H2,1-4H3,(H,18,20)/t14-,16+/m1/s1. The van der Waals surface area contributed by atoms with Crippen LogP contribution in [-0.4, -0.2) is 23.5 Å². The van der Waals surface area contributed by atoms with Crippen LogP contribution >= 0.6 is 0 Å². The van der Waals surface area contributed by atoms with E-state index in [9.17, 15) is 4.79 Å². The Kier molecular flexibility index (Phi) is 4.69. The van der Waals surface area contributed by atoms with E-state index >= 15 is 0 Å². The third-order valence-corrected chi connectivity index (χ3v) is 4.03. The molecule has 2 atom stereocenters. The Labute approximate surface area is 122 Å². The summed E-state index contributed by atoms with van der Waals surface area (Å²) < 4.78 is 0. The molecular weight excluding hydrogens is 248 g/mol. The summed E-state index contributed by atoms with van der Waals surface area (Å²) in [5.41, 5.74) is 2.51. The maximum atomic E-state index is 12.4. The van der Waals surface area contributed by atoms with E-state index in [1.165, 1.54) is 17.5 Å². The third kappa shape index (κ3) is 3.33. The minimum atomic E-state index is 0.0668. The second kappa shape index (κ2) is 6.29. The molecular formula is C17H26N2O. The minimum absolute atomic E-state index is 0.0668. The molecule has 3 heteroatoms. The maximum Gasteiger partial charge on any atom is 0.318 e. The molecule has 0 radical (unpaired) electrons. The predicted molar refractivity (Wildman–Crippen MR) is 82.7 cm³/mol. The van der Waals surface area contributed by atoms with Crippen LogP contribution in [0.4, 0.5) is 4.79 Å². The zero-order chi connectivity index (χ0) is 14.7. The summed E-state index contributed by atoms with van der Waals surface area (Å²) in [6.45, 7) is 9.20. The number of carbonyl (C=O) groups excluding carboxylic acids is 1. The summed E-state index contributed by atoms with van der Waals surface area (Å²) >= 11 is 0. The molecule has 0 unspecified atom stereocenters. The Morgan fingerprint density at radius 2 is 1.95 bits per heavy atom. The lowest BCUT2D eigenvalue weighted by atomic mass is 9.86. The number of benzene rings is 1. The van der Waals surface area contributed by atoms with Gasteiger partial charge >= 0.3 is 6.03 Å². The topological polar surface area (TPSA) is 32.3 Å². The lowest BCUT2D eigenvalue weighted by Crippen LogP contribution is -2.48. The summed E-state index contributed by atoms with van der Waals surface area (Å²) in [5, 5.41) is 3.03. The van der Waals surface area contributed by atoms with Crippen molar-refractivity contribution in [1.29, 1.82) is 0 Å². The van der Waals surface area contributed by atoms with Crippen LogP contribution in [0.25, 0.3) is 0 Å². The van der Waals surface area contributed by atoms with E-state index in [2.05, 4.69) is 43.4 Å². The number of nitrogens with one attached hydrogen (secondary N) is 1. The van der Waals surface area contributed by atoms with Crippen molar-refractivity contribution in [3.05, 3.63) is 35.4 Å². The van der Waals surface area contributed by atoms with E-state index in [1.807, 2.05) is 18.7 Å². The first-order chi connectivity index (χ1) is 9.49. The van der Waals surface area contributed by atoms with Gasteiger partial charge in [0.05, 0.1) is 6.04 Å². The van der Waals surface area contributed by atoms with Gasteiger partial charge in [-0.3, -0.25) is 0 Å². The molecule has 1 aliphatic rings. The van der Waals surface area contributed by atoms with E-state index in [4.69, 9.17) is 0 Å². The van der Waals surface area contributed by atoms with Crippen molar-refractivity contribution >= 4 is 6.03 Å². The molecule has 20 heavy (non-hydrogen) atoms. The maximum absolute atomic E-state index is 12.4. The zero-order valence-corrected chi connectivity index (χ0v) is 13.0. The van der Waals surface area contributed by atoms with Gasteiger partial charge in [0.15, 0.2) is 0 Å². The van der Waals surface area contributed by atoms with Crippen LogP contribution in [0, 0.1) is 12.8 Å². The lowest BCUT2D eigenvalue weighted by Gasteiger charge is -2.40. The highest BCUT2D eigenvalue weighted by atomic mass is 16.2. The Morgan fingerprint density at radius 1 is 1.30 bits per heavy atom. The molecule has 0 spiro atoms. The van der Waals surface area contributed by atoms with Crippen molar-refractivity contribution < 1.29 is 4.79 Å². The van der Waals surface area contributed by atoms with Gasteiger partial charge in [-0.25, -0.2) is 4.79 Å². The van der Waals surface area contributed by atoms with Crippen molar-refractivity contribution in [2.45, 2.75) is 52.6 Å². The van der Waals surface area contributed by atoms with Gasteiger partial charge in [0.2, 0.25) is 0 Å². The smallest absolute Gasteiger partial charge is 0.318 e. The van der Waals surface area contributed by atoms with Gasteiger partial charge in [0, 0.05) is 12.6 Å². The second-order valence-corrected chi connectivity index (χ2v) is 6.27. The Morgan fingerprint density at radius 3 is 2.55 bits per heavy atom. The van der Waals surface area contributed by atoms with Gasteiger partial charge in [-0.2, -0.15) is 0 Å². The monoisotopic (exact) mass is 274 g/mol. The van der Waals surface area contributed by atoms with Crippen molar-refractivity contribution in [3.63, 3.8) is 0 Å². The Balaban J connectivity index is 2.24. The zero-order valence-electron chi connectivity index (χ0n) is 13.0. The summed E-state index contributed by atoms with van der Waals surface area (Å²) in [6.07, 6.45) is 2.28. The van der Waals surface area contributed by atoms with Crippen molar-refractivity contribution in [2.24, 2.45) is 5.92 Å². The number of likely N-dealkylation sites (tertiary alicyclic amines) is 1. The van der Waals surface area contributed by atoms with Crippen molar-refractivity contribution in [1.82, 2.24) is 10.2 Å². The Hall–Kier alpha value is -1.51. The number of hydrogen-bond acceptors (Lipinski definition) is 1. The van der Waals surface area contributed by atoms with Crippen LogP contribution in [0.1, 0.15) is 50.8 Å². The molecule has 1 aliphatic heterocycles. The summed E-state index contributed by atoms with van der Waals surface area (Å²) in [4.78, 5) is 14.4. The van der Waals surface area contributed by atoms with Gasteiger partial charge in [0.25, 0.3) is 0 Å². The van der Waals surface area contributed by atoms with Crippen LogP contribution in [0.5, 0.6) is 0 Å². The molecule has 2 amide bonds. The second-order valence-electron chi connectivity index (χ2n) is 6.27. The first kappa shape index (κ1) is 14.9. The number of piperidine rings is 1. The van der Waals surface area contributed by atoms with Crippen LogP contribution in [-0.2, 0) is 0 Å². The molecule has 1 aromatic rings. The van der Waals surface area contributed by atoms with Gasteiger partial charge < -0.3 is 10.2 Å². The van der Waals surface area contributed by atoms with Gasteiger partial charge in [0.1, 0.15) is 0 Å². The average molecular weight is 274 g/mol. The highest BCUT2D eigenvalue weighted by molar-refractivity contribution is 5.75. The number of urea groups is 1. The molecule has 1 fully saturated rings. The molecule has 1 heterocycles. The highest BCUT2D eigenvalue weighted by Gasteiger charge is 2.33. The SMILES string of the molecule is Cc1ccc([C@@H]2[C@H](C)CCCN2C(=O)NC(C)C)cc1. The fraction of sp³-hybridized carbons (Fsp3) is 0.588. The Bertz CT molecular complexity index is 453. The first-order valence-electron chi connectivity index (χ1n) is 7.62. The first-order valence-corrected chi connectivity index (χ1v) is 7.62. The normalized spacial score (nSPS) is 22.9. The number of hydrogen-bond donors (Lipinski definition) is 1. The quantitative estimate of drug-likeness (QED) is 0.872. The van der Waals surface area contributed by atoms with Crippen LogP contribution in [0.2, 0.25) is 0 Å². The molecule has 1 saturated heterocycles. The average Bonchev–Trinajstić information content (AvgIpc) is 2.39. The lowest BCUT2D eigenvalue weighted by molar-refractivity contribution is 0.118. The van der Waals surface area contributed by atoms with Gasteiger partial charge in [-0.15, -0.1) is 0 Å². The van der Waals surface area contributed by atoms with Gasteiger partial charge in [-0.05, 0) is 45.1 Å². The molecule has 0 aromatic heterocycles. The largest absolute Gasteiger partial charge is 0.336 e. The van der Waals surface area contributed by atoms with Crippen molar-refractivity contribution in [2.75, 3.05) is 6.54 Å². The summed E-state index contributed by atoms with van der Waals surface area (Å²) in [7, 11) is 0. The number of aryl methyl sites for hydroxylation is 1. The van der Waals surface area contributed by atoms with Crippen molar-refractivity contribution in [3.8, 4) is 0 Å².